The van der Waals surface area contributed by atoms with Crippen molar-refractivity contribution in [2.75, 3.05) is 0 Å². The fourth-order valence-corrected chi connectivity index (χ4v) is 2.09. The van der Waals surface area contributed by atoms with E-state index in [1.165, 1.54) is 6.33 Å². The number of aliphatic hydroxyl groups is 1. The Morgan fingerprint density at radius 3 is 2.90 bits per heavy atom. The second-order valence-electron chi connectivity index (χ2n) is 4.92. The van der Waals surface area contributed by atoms with Gasteiger partial charge in [0.1, 0.15) is 18.7 Å². The zero-order valence-corrected chi connectivity index (χ0v) is 12.3. The normalized spacial score (nSPS) is 11.1. The molecule has 2 rings (SSSR count). The van der Waals surface area contributed by atoms with E-state index in [0.29, 0.717) is 28.9 Å². The number of rotatable bonds is 6. The van der Waals surface area contributed by atoms with Crippen molar-refractivity contribution in [1.82, 2.24) is 14.8 Å². The van der Waals surface area contributed by atoms with Crippen LogP contribution in [0.3, 0.4) is 0 Å². The first-order valence-electron chi connectivity index (χ1n) is 6.49. The maximum Gasteiger partial charge on any atom is 0.164 e. The van der Waals surface area contributed by atoms with Crippen molar-refractivity contribution in [3.05, 3.63) is 40.9 Å². The monoisotopic (exact) mass is 295 g/mol. The molecule has 0 saturated heterocycles. The van der Waals surface area contributed by atoms with Crippen molar-refractivity contribution < 1.29 is 9.84 Å². The first-order chi connectivity index (χ1) is 9.61. The minimum absolute atomic E-state index is 0.159. The Hall–Kier alpha value is -1.59. The molecule has 1 aromatic heterocycles. The van der Waals surface area contributed by atoms with Crippen molar-refractivity contribution in [3.63, 3.8) is 0 Å². The van der Waals surface area contributed by atoms with E-state index in [1.54, 1.807) is 18.2 Å². The molecule has 6 heteroatoms. The van der Waals surface area contributed by atoms with E-state index in [1.807, 2.05) is 4.68 Å². The molecule has 5 nitrogen and oxygen atoms in total. The summed E-state index contributed by atoms with van der Waals surface area (Å²) in [5.41, 5.74) is 0.587. The predicted molar refractivity (Wildman–Crippen MR) is 76.6 cm³/mol. The Morgan fingerprint density at radius 2 is 2.20 bits per heavy atom. The molecule has 108 valence electrons. The zero-order valence-electron chi connectivity index (χ0n) is 11.6. The largest absolute Gasteiger partial charge is 0.485 e. The molecule has 0 spiro atoms. The number of aromatic nitrogens is 3. The highest BCUT2D eigenvalue weighted by Gasteiger charge is 2.10. The highest BCUT2D eigenvalue weighted by atomic mass is 35.5. The summed E-state index contributed by atoms with van der Waals surface area (Å²) in [6, 6.07) is 5.29. The number of aliphatic hydroxyl groups excluding tert-OH is 1. The molecule has 0 radical (unpaired) electrons. The molecule has 1 heterocycles. The van der Waals surface area contributed by atoms with Gasteiger partial charge in [0.05, 0.1) is 6.61 Å². The van der Waals surface area contributed by atoms with Gasteiger partial charge in [-0.25, -0.2) is 9.67 Å². The third-order valence-corrected chi connectivity index (χ3v) is 3.18. The van der Waals surface area contributed by atoms with Crippen molar-refractivity contribution in [2.45, 2.75) is 33.6 Å². The summed E-state index contributed by atoms with van der Waals surface area (Å²) in [7, 11) is 0. The van der Waals surface area contributed by atoms with E-state index in [0.717, 1.165) is 12.4 Å². The first-order valence-corrected chi connectivity index (χ1v) is 6.87. The van der Waals surface area contributed by atoms with Crippen LogP contribution in [0, 0.1) is 5.92 Å². The molecule has 0 unspecified atom stereocenters. The van der Waals surface area contributed by atoms with Crippen LogP contribution in [0.5, 0.6) is 5.75 Å². The molecule has 2 aromatic rings. The second kappa shape index (κ2) is 6.72. The van der Waals surface area contributed by atoms with Crippen LogP contribution < -0.4 is 4.74 Å². The molecule has 0 amide bonds. The highest BCUT2D eigenvalue weighted by Crippen LogP contribution is 2.26. The van der Waals surface area contributed by atoms with Crippen LogP contribution in [0.1, 0.15) is 25.2 Å². The standard InChI is InChI=1S/C14H18ClN3O2/c1-10(2)6-18-14(16-9-17-18)8-20-13-5-3-4-12(15)11(13)7-19/h3-5,9-10,19H,6-8H2,1-2H3. The number of halogens is 1. The number of hydrogen-bond donors (Lipinski definition) is 1. The molecule has 0 saturated carbocycles. The lowest BCUT2D eigenvalue weighted by atomic mass is 10.2. The van der Waals surface area contributed by atoms with Gasteiger partial charge in [-0.2, -0.15) is 5.10 Å². The maximum absolute atomic E-state index is 9.33. The second-order valence-corrected chi connectivity index (χ2v) is 5.32. The van der Waals surface area contributed by atoms with Gasteiger partial charge in [0.15, 0.2) is 5.82 Å². The number of nitrogens with zero attached hydrogens (tertiary/aromatic N) is 3. The van der Waals surface area contributed by atoms with E-state index in [-0.39, 0.29) is 6.61 Å². The van der Waals surface area contributed by atoms with Gasteiger partial charge in [0.25, 0.3) is 0 Å². The lowest BCUT2D eigenvalue weighted by molar-refractivity contribution is 0.251. The summed E-state index contributed by atoms with van der Waals surface area (Å²) in [5, 5.41) is 14.0. The fraction of sp³-hybridized carbons (Fsp3) is 0.429. The van der Waals surface area contributed by atoms with Crippen LogP contribution in [0.2, 0.25) is 5.02 Å². The van der Waals surface area contributed by atoms with E-state index in [9.17, 15) is 5.11 Å². The van der Waals surface area contributed by atoms with Gasteiger partial charge >= 0.3 is 0 Å². The van der Waals surface area contributed by atoms with E-state index >= 15 is 0 Å². The van der Waals surface area contributed by atoms with Crippen LogP contribution in [0.15, 0.2) is 24.5 Å². The average molecular weight is 296 g/mol. The minimum atomic E-state index is -0.159. The zero-order chi connectivity index (χ0) is 14.5. The Bertz CT molecular complexity index is 569. The van der Waals surface area contributed by atoms with Crippen molar-refractivity contribution in [3.8, 4) is 5.75 Å². The number of ether oxygens (including phenoxy) is 1. The van der Waals surface area contributed by atoms with E-state index in [2.05, 4.69) is 23.9 Å². The van der Waals surface area contributed by atoms with Crippen LogP contribution in [-0.2, 0) is 19.8 Å². The van der Waals surface area contributed by atoms with E-state index in [4.69, 9.17) is 16.3 Å². The smallest absolute Gasteiger partial charge is 0.164 e. The quantitative estimate of drug-likeness (QED) is 0.890. The molecule has 1 N–H and O–H groups in total. The molecular formula is C14H18ClN3O2. The van der Waals surface area contributed by atoms with Crippen LogP contribution in [0.4, 0.5) is 0 Å². The van der Waals surface area contributed by atoms with Gasteiger partial charge in [-0.1, -0.05) is 31.5 Å². The molecule has 0 atom stereocenters. The van der Waals surface area contributed by atoms with Gasteiger partial charge in [-0.15, -0.1) is 0 Å². The summed E-state index contributed by atoms with van der Waals surface area (Å²) in [4.78, 5) is 4.19. The Balaban J connectivity index is 2.09. The van der Waals surface area contributed by atoms with Gasteiger partial charge < -0.3 is 9.84 Å². The van der Waals surface area contributed by atoms with Gasteiger partial charge in [-0.05, 0) is 18.1 Å². The lowest BCUT2D eigenvalue weighted by Crippen LogP contribution is -2.12. The summed E-state index contributed by atoms with van der Waals surface area (Å²) in [5.74, 6) is 1.80. The molecular weight excluding hydrogens is 278 g/mol. The summed E-state index contributed by atoms with van der Waals surface area (Å²) in [6.45, 7) is 5.16. The minimum Gasteiger partial charge on any atom is -0.485 e. The topological polar surface area (TPSA) is 60.2 Å². The van der Waals surface area contributed by atoms with Gasteiger partial charge in [0.2, 0.25) is 0 Å². The fourth-order valence-electron chi connectivity index (χ4n) is 1.87. The lowest BCUT2D eigenvalue weighted by Gasteiger charge is -2.12. The number of benzene rings is 1. The Morgan fingerprint density at radius 1 is 1.40 bits per heavy atom. The third-order valence-electron chi connectivity index (χ3n) is 2.82. The summed E-state index contributed by atoms with van der Waals surface area (Å²) < 4.78 is 7.53. The van der Waals surface area contributed by atoms with Crippen LogP contribution in [0.25, 0.3) is 0 Å². The van der Waals surface area contributed by atoms with Crippen molar-refractivity contribution >= 4 is 11.6 Å². The van der Waals surface area contributed by atoms with Gasteiger partial charge in [-0.3, -0.25) is 0 Å². The maximum atomic E-state index is 9.33. The first kappa shape index (κ1) is 14.8. The summed E-state index contributed by atoms with van der Waals surface area (Å²) in [6.07, 6.45) is 1.52. The SMILES string of the molecule is CC(C)Cn1ncnc1COc1cccc(Cl)c1CO. The van der Waals surface area contributed by atoms with Crippen LogP contribution in [-0.4, -0.2) is 19.9 Å². The molecule has 1 aromatic carbocycles. The number of hydrogen-bond acceptors (Lipinski definition) is 4. The van der Waals surface area contributed by atoms with Gasteiger partial charge in [0, 0.05) is 17.1 Å². The Labute approximate surface area is 123 Å². The predicted octanol–water partition coefficient (Wildman–Crippen LogP) is 2.66. The van der Waals surface area contributed by atoms with Crippen molar-refractivity contribution in [2.24, 2.45) is 5.92 Å². The van der Waals surface area contributed by atoms with E-state index < -0.39 is 0 Å². The van der Waals surface area contributed by atoms with Crippen molar-refractivity contribution in [1.29, 1.82) is 0 Å². The average Bonchev–Trinajstić information content (AvgIpc) is 2.83. The molecule has 0 aliphatic rings. The van der Waals surface area contributed by atoms with Crippen LogP contribution >= 0.6 is 11.6 Å². The molecule has 20 heavy (non-hydrogen) atoms. The Kier molecular flexibility index (Phi) is 4.98. The molecule has 0 fully saturated rings. The molecule has 0 bridgehead atoms. The third kappa shape index (κ3) is 3.49. The summed E-state index contributed by atoms with van der Waals surface area (Å²) >= 11 is 6.02. The molecule has 0 aliphatic carbocycles. The highest BCUT2D eigenvalue weighted by molar-refractivity contribution is 6.31. The molecule has 0 aliphatic heterocycles.